The summed E-state index contributed by atoms with van der Waals surface area (Å²) in [6.45, 7) is 6.22. The third-order valence-corrected chi connectivity index (χ3v) is 4.60. The molecule has 5 heteroatoms. The van der Waals surface area contributed by atoms with E-state index >= 15 is 0 Å². The third-order valence-electron chi connectivity index (χ3n) is 4.35. The Morgan fingerprint density at radius 2 is 1.92 bits per heavy atom. The molecule has 1 aliphatic carbocycles. The number of hydrogen-bond donors (Lipinski definition) is 1. The molecule has 1 aromatic heterocycles. The largest absolute Gasteiger partial charge is 0.455 e. The van der Waals surface area contributed by atoms with Crippen LogP contribution in [0, 0.1) is 12.3 Å². The Bertz CT molecular complexity index is 803. The molecule has 0 saturated heterocycles. The van der Waals surface area contributed by atoms with E-state index in [0.717, 1.165) is 5.56 Å². The average molecular weight is 346 g/mol. The zero-order valence-electron chi connectivity index (χ0n) is 14.0. The van der Waals surface area contributed by atoms with Gasteiger partial charge in [-0.3, -0.25) is 9.59 Å². The van der Waals surface area contributed by atoms with Crippen LogP contribution in [0.15, 0.2) is 28.7 Å². The number of carbonyl (C=O) groups excluding carboxylic acids is 2. The maximum absolute atomic E-state index is 12.4. The quantitative estimate of drug-likeness (QED) is 0.900. The van der Waals surface area contributed by atoms with Gasteiger partial charge in [-0.2, -0.15) is 0 Å². The lowest BCUT2D eigenvalue weighted by molar-refractivity contribution is 0.0888. The Kier molecular flexibility index (Phi) is 4.26. The molecule has 0 radical (unpaired) electrons. The van der Waals surface area contributed by atoms with Crippen molar-refractivity contribution in [3.8, 4) is 0 Å². The maximum Gasteiger partial charge on any atom is 0.287 e. The van der Waals surface area contributed by atoms with Gasteiger partial charge in [0.15, 0.2) is 11.5 Å². The van der Waals surface area contributed by atoms with E-state index in [1.54, 1.807) is 19.1 Å². The van der Waals surface area contributed by atoms with Gasteiger partial charge < -0.3 is 9.73 Å². The monoisotopic (exact) mass is 345 g/mol. The van der Waals surface area contributed by atoms with Gasteiger partial charge in [0.1, 0.15) is 5.76 Å². The van der Waals surface area contributed by atoms with E-state index in [9.17, 15) is 9.59 Å². The predicted molar refractivity (Wildman–Crippen MR) is 92.5 cm³/mol. The van der Waals surface area contributed by atoms with Crippen LogP contribution in [0.5, 0.6) is 0 Å². The molecule has 1 heterocycles. The molecule has 4 nitrogen and oxygen atoms in total. The number of carbonyl (C=O) groups is 2. The molecule has 2 aromatic rings. The number of nitrogens with one attached hydrogen (secondary N) is 1. The molecular formula is C19H20ClNO3. The van der Waals surface area contributed by atoms with E-state index in [2.05, 4.69) is 5.32 Å². The lowest BCUT2D eigenvalue weighted by Gasteiger charge is -2.27. The van der Waals surface area contributed by atoms with Crippen LogP contribution in [-0.2, 0) is 13.0 Å². The second-order valence-corrected chi connectivity index (χ2v) is 7.54. The van der Waals surface area contributed by atoms with Crippen molar-refractivity contribution in [2.45, 2.75) is 40.2 Å². The van der Waals surface area contributed by atoms with Gasteiger partial charge in [0.05, 0.1) is 5.56 Å². The minimum atomic E-state index is -0.303. The minimum absolute atomic E-state index is 0.0549. The van der Waals surface area contributed by atoms with E-state index in [0.29, 0.717) is 41.3 Å². The Morgan fingerprint density at radius 3 is 2.58 bits per heavy atom. The number of rotatable bonds is 3. The lowest BCUT2D eigenvalue weighted by atomic mass is 9.76. The van der Waals surface area contributed by atoms with Gasteiger partial charge in [0, 0.05) is 30.0 Å². The molecule has 0 unspecified atom stereocenters. The summed E-state index contributed by atoms with van der Waals surface area (Å²) in [5.74, 6) is 0.618. The molecular weight excluding hydrogens is 326 g/mol. The molecule has 0 bridgehead atoms. The molecule has 3 rings (SSSR count). The highest BCUT2D eigenvalue weighted by molar-refractivity contribution is 6.30. The Labute approximate surface area is 146 Å². The van der Waals surface area contributed by atoms with Crippen molar-refractivity contribution in [3.05, 3.63) is 57.5 Å². The number of amides is 1. The molecule has 0 spiro atoms. The first-order valence-corrected chi connectivity index (χ1v) is 8.33. The van der Waals surface area contributed by atoms with Crippen molar-refractivity contribution in [2.75, 3.05) is 0 Å². The summed E-state index contributed by atoms with van der Waals surface area (Å²) >= 11 is 5.85. The van der Waals surface area contributed by atoms with E-state index in [1.165, 1.54) is 0 Å². The third kappa shape index (κ3) is 3.24. The van der Waals surface area contributed by atoms with Crippen LogP contribution in [0.25, 0.3) is 0 Å². The number of benzene rings is 1. The first-order chi connectivity index (χ1) is 11.3. The van der Waals surface area contributed by atoms with Gasteiger partial charge in [-0.25, -0.2) is 0 Å². The molecule has 0 saturated carbocycles. The van der Waals surface area contributed by atoms with E-state index < -0.39 is 0 Å². The Morgan fingerprint density at radius 1 is 1.25 bits per heavy atom. The SMILES string of the molecule is Cc1c(C(=O)NCc2ccc(Cl)cc2)oc2c1C(=O)CC(C)(C)C2. The van der Waals surface area contributed by atoms with Crippen molar-refractivity contribution in [1.29, 1.82) is 0 Å². The van der Waals surface area contributed by atoms with Crippen molar-refractivity contribution in [1.82, 2.24) is 5.32 Å². The van der Waals surface area contributed by atoms with E-state index in [-0.39, 0.29) is 22.9 Å². The van der Waals surface area contributed by atoms with Crippen molar-refractivity contribution < 1.29 is 14.0 Å². The summed E-state index contributed by atoms with van der Waals surface area (Å²) in [6.07, 6.45) is 1.14. The van der Waals surface area contributed by atoms with Crippen LogP contribution in [0.3, 0.4) is 0 Å². The number of furan rings is 1. The summed E-state index contributed by atoms with van der Waals surface area (Å²) in [7, 11) is 0. The fourth-order valence-corrected chi connectivity index (χ4v) is 3.29. The molecule has 0 atom stereocenters. The second-order valence-electron chi connectivity index (χ2n) is 7.10. The van der Waals surface area contributed by atoms with Crippen LogP contribution in [0.1, 0.15) is 58.1 Å². The minimum Gasteiger partial charge on any atom is -0.455 e. The van der Waals surface area contributed by atoms with Gasteiger partial charge >= 0.3 is 0 Å². The van der Waals surface area contributed by atoms with Gasteiger partial charge in [-0.15, -0.1) is 0 Å². The number of hydrogen-bond acceptors (Lipinski definition) is 3. The van der Waals surface area contributed by atoms with Gasteiger partial charge in [-0.1, -0.05) is 37.6 Å². The summed E-state index contributed by atoms with van der Waals surface area (Å²) < 4.78 is 5.76. The smallest absolute Gasteiger partial charge is 0.287 e. The van der Waals surface area contributed by atoms with Crippen LogP contribution in [0.2, 0.25) is 5.02 Å². The number of Topliss-reactive ketones (excluding diaryl/α,β-unsaturated/α-hetero) is 1. The fraction of sp³-hybridized carbons (Fsp3) is 0.368. The van der Waals surface area contributed by atoms with Gasteiger partial charge in [0.25, 0.3) is 5.91 Å². The highest BCUT2D eigenvalue weighted by Gasteiger charge is 2.36. The molecule has 1 aromatic carbocycles. The zero-order valence-corrected chi connectivity index (χ0v) is 14.8. The van der Waals surface area contributed by atoms with Crippen LogP contribution in [-0.4, -0.2) is 11.7 Å². The molecule has 126 valence electrons. The number of halogens is 1. The normalized spacial score (nSPS) is 15.9. The summed E-state index contributed by atoms with van der Waals surface area (Å²) in [5.41, 5.74) is 2.04. The van der Waals surface area contributed by atoms with Crippen molar-refractivity contribution >= 4 is 23.3 Å². The second kappa shape index (κ2) is 6.10. The first kappa shape index (κ1) is 16.8. The maximum atomic E-state index is 12.4. The highest BCUT2D eigenvalue weighted by Crippen LogP contribution is 2.38. The summed E-state index contributed by atoms with van der Waals surface area (Å²) in [6, 6.07) is 7.27. The predicted octanol–water partition coefficient (Wildman–Crippen LogP) is 4.33. The fourth-order valence-electron chi connectivity index (χ4n) is 3.16. The van der Waals surface area contributed by atoms with E-state index in [4.69, 9.17) is 16.0 Å². The zero-order chi connectivity index (χ0) is 17.5. The lowest BCUT2D eigenvalue weighted by Crippen LogP contribution is -2.26. The molecule has 0 fully saturated rings. The molecule has 1 N–H and O–H groups in total. The standard InChI is InChI=1S/C19H20ClNO3/c1-11-16-14(22)8-19(2,3)9-15(16)24-17(11)18(23)21-10-12-4-6-13(20)7-5-12/h4-7H,8-10H2,1-3H3,(H,21,23). The summed E-state index contributed by atoms with van der Waals surface area (Å²) in [5, 5.41) is 3.49. The summed E-state index contributed by atoms with van der Waals surface area (Å²) in [4.78, 5) is 24.8. The highest BCUT2D eigenvalue weighted by atomic mass is 35.5. The molecule has 1 aliphatic rings. The molecule has 1 amide bonds. The number of ketones is 1. The van der Waals surface area contributed by atoms with Crippen LogP contribution >= 0.6 is 11.6 Å². The molecule has 24 heavy (non-hydrogen) atoms. The topological polar surface area (TPSA) is 59.3 Å². The van der Waals surface area contributed by atoms with Gasteiger partial charge in [-0.05, 0) is 30.0 Å². The Balaban J connectivity index is 1.79. The van der Waals surface area contributed by atoms with Gasteiger partial charge in [0.2, 0.25) is 0 Å². The van der Waals surface area contributed by atoms with Crippen molar-refractivity contribution in [2.24, 2.45) is 5.41 Å². The molecule has 0 aliphatic heterocycles. The average Bonchev–Trinajstić information content (AvgIpc) is 2.82. The van der Waals surface area contributed by atoms with E-state index in [1.807, 2.05) is 26.0 Å². The van der Waals surface area contributed by atoms with Crippen LogP contribution in [0.4, 0.5) is 0 Å². The first-order valence-electron chi connectivity index (χ1n) is 7.95. The number of fused-ring (bicyclic) bond motifs is 1. The van der Waals surface area contributed by atoms with Crippen molar-refractivity contribution in [3.63, 3.8) is 0 Å². The Hall–Kier alpha value is -2.07. The van der Waals surface area contributed by atoms with Crippen LogP contribution < -0.4 is 5.32 Å².